The first kappa shape index (κ1) is 20.4. The zero-order valence-corrected chi connectivity index (χ0v) is 17.2. The second kappa shape index (κ2) is 9.73. The van der Waals surface area contributed by atoms with Gasteiger partial charge in [-0.05, 0) is 53.9 Å². The van der Waals surface area contributed by atoms with Gasteiger partial charge in [-0.2, -0.15) is 0 Å². The van der Waals surface area contributed by atoms with E-state index in [9.17, 15) is 0 Å². The maximum absolute atomic E-state index is 5.92. The molecule has 3 aromatic carbocycles. The van der Waals surface area contributed by atoms with Crippen molar-refractivity contribution in [3.63, 3.8) is 0 Å². The fraction of sp³-hybridized carbons (Fsp3) is 0.250. The van der Waals surface area contributed by atoms with Crippen molar-refractivity contribution in [2.75, 3.05) is 21.3 Å². The standard InChI is InChI=1S/C24H26O5/c1-17-8-9-18(12-24(17)27-4)15-28-20-6-5-7-21(13-20)29-16-19-10-22(25-2)14-23(11-19)26-3/h5-14H,15-16H2,1-4H3. The minimum absolute atomic E-state index is 0.395. The van der Waals surface area contributed by atoms with Crippen molar-refractivity contribution < 1.29 is 23.7 Å². The minimum atomic E-state index is 0.395. The molecule has 5 nitrogen and oxygen atoms in total. The van der Waals surface area contributed by atoms with Crippen LogP contribution in [0.25, 0.3) is 0 Å². The molecule has 0 heterocycles. The molecule has 0 unspecified atom stereocenters. The lowest BCUT2D eigenvalue weighted by atomic mass is 10.1. The van der Waals surface area contributed by atoms with Gasteiger partial charge in [0.15, 0.2) is 0 Å². The van der Waals surface area contributed by atoms with Crippen molar-refractivity contribution in [2.45, 2.75) is 20.1 Å². The molecule has 0 saturated carbocycles. The number of aryl methyl sites for hydroxylation is 1. The average molecular weight is 394 g/mol. The van der Waals surface area contributed by atoms with Gasteiger partial charge in [-0.25, -0.2) is 0 Å². The first-order valence-electron chi connectivity index (χ1n) is 9.32. The Morgan fingerprint density at radius 1 is 0.586 bits per heavy atom. The molecule has 0 spiro atoms. The van der Waals surface area contributed by atoms with Crippen molar-refractivity contribution in [3.8, 4) is 28.7 Å². The summed E-state index contributed by atoms with van der Waals surface area (Å²) in [6.07, 6.45) is 0. The largest absolute Gasteiger partial charge is 0.497 e. The first-order valence-corrected chi connectivity index (χ1v) is 9.32. The highest BCUT2D eigenvalue weighted by Gasteiger charge is 2.05. The van der Waals surface area contributed by atoms with E-state index in [2.05, 4.69) is 0 Å². The average Bonchev–Trinajstić information content (AvgIpc) is 2.77. The highest BCUT2D eigenvalue weighted by atomic mass is 16.5. The summed E-state index contributed by atoms with van der Waals surface area (Å²) in [6, 6.07) is 19.3. The van der Waals surface area contributed by atoms with Gasteiger partial charge in [0.1, 0.15) is 42.0 Å². The van der Waals surface area contributed by atoms with Gasteiger partial charge in [0.2, 0.25) is 0 Å². The maximum atomic E-state index is 5.92. The number of hydrogen-bond acceptors (Lipinski definition) is 5. The van der Waals surface area contributed by atoms with Gasteiger partial charge in [-0.15, -0.1) is 0 Å². The summed E-state index contributed by atoms with van der Waals surface area (Å²) >= 11 is 0. The molecule has 0 atom stereocenters. The highest BCUT2D eigenvalue weighted by Crippen LogP contribution is 2.26. The Labute approximate surface area is 171 Å². The number of ether oxygens (including phenoxy) is 5. The van der Waals surface area contributed by atoms with Crippen LogP contribution in [0, 0.1) is 6.92 Å². The Balaban J connectivity index is 1.62. The van der Waals surface area contributed by atoms with Crippen LogP contribution in [-0.4, -0.2) is 21.3 Å². The third kappa shape index (κ3) is 5.57. The van der Waals surface area contributed by atoms with Crippen LogP contribution in [0.1, 0.15) is 16.7 Å². The molecule has 0 N–H and O–H groups in total. The topological polar surface area (TPSA) is 46.2 Å². The van der Waals surface area contributed by atoms with Crippen molar-refractivity contribution in [2.24, 2.45) is 0 Å². The molecule has 0 radical (unpaired) electrons. The Bertz CT molecular complexity index is 930. The van der Waals surface area contributed by atoms with Crippen LogP contribution in [0.5, 0.6) is 28.7 Å². The van der Waals surface area contributed by atoms with Crippen LogP contribution < -0.4 is 23.7 Å². The quantitative estimate of drug-likeness (QED) is 0.500. The first-order chi connectivity index (χ1) is 14.1. The summed E-state index contributed by atoms with van der Waals surface area (Å²) in [5.74, 6) is 3.79. The van der Waals surface area contributed by atoms with E-state index in [0.717, 1.165) is 45.4 Å². The van der Waals surface area contributed by atoms with Gasteiger partial charge in [-0.1, -0.05) is 18.2 Å². The third-order valence-corrected chi connectivity index (χ3v) is 4.50. The molecular formula is C24H26O5. The molecule has 0 aliphatic carbocycles. The van der Waals surface area contributed by atoms with E-state index in [1.807, 2.05) is 67.6 Å². The summed E-state index contributed by atoms with van der Waals surface area (Å²) in [6.45, 7) is 2.86. The van der Waals surface area contributed by atoms with Crippen molar-refractivity contribution in [1.82, 2.24) is 0 Å². The zero-order chi connectivity index (χ0) is 20.6. The highest BCUT2D eigenvalue weighted by molar-refractivity contribution is 5.39. The van der Waals surface area contributed by atoms with Crippen LogP contribution in [0.15, 0.2) is 60.7 Å². The minimum Gasteiger partial charge on any atom is -0.497 e. The number of rotatable bonds is 9. The summed E-state index contributed by atoms with van der Waals surface area (Å²) in [5, 5.41) is 0. The fourth-order valence-corrected chi connectivity index (χ4v) is 2.89. The lowest BCUT2D eigenvalue weighted by molar-refractivity contribution is 0.288. The number of benzene rings is 3. The van der Waals surface area contributed by atoms with Gasteiger partial charge in [-0.3, -0.25) is 0 Å². The molecule has 0 fully saturated rings. The lowest BCUT2D eigenvalue weighted by Crippen LogP contribution is -1.99. The predicted molar refractivity (Wildman–Crippen MR) is 112 cm³/mol. The molecule has 29 heavy (non-hydrogen) atoms. The van der Waals surface area contributed by atoms with Gasteiger partial charge < -0.3 is 23.7 Å². The van der Waals surface area contributed by atoms with E-state index in [4.69, 9.17) is 23.7 Å². The molecule has 0 aromatic heterocycles. The third-order valence-electron chi connectivity index (χ3n) is 4.50. The number of methoxy groups -OCH3 is 3. The molecule has 5 heteroatoms. The van der Waals surface area contributed by atoms with Crippen molar-refractivity contribution in [1.29, 1.82) is 0 Å². The van der Waals surface area contributed by atoms with Crippen LogP contribution in [-0.2, 0) is 13.2 Å². The second-order valence-corrected chi connectivity index (χ2v) is 6.58. The molecule has 0 aliphatic heterocycles. The van der Waals surface area contributed by atoms with Crippen LogP contribution in [0.3, 0.4) is 0 Å². The van der Waals surface area contributed by atoms with E-state index < -0.39 is 0 Å². The summed E-state index contributed by atoms with van der Waals surface area (Å²) in [4.78, 5) is 0. The molecule has 3 aromatic rings. The lowest BCUT2D eigenvalue weighted by Gasteiger charge is -2.12. The van der Waals surface area contributed by atoms with Gasteiger partial charge in [0.05, 0.1) is 21.3 Å². The summed E-state index contributed by atoms with van der Waals surface area (Å²) in [5.41, 5.74) is 3.10. The van der Waals surface area contributed by atoms with E-state index in [1.54, 1.807) is 21.3 Å². The van der Waals surface area contributed by atoms with E-state index in [-0.39, 0.29) is 0 Å². The molecule has 0 bridgehead atoms. The zero-order valence-electron chi connectivity index (χ0n) is 17.2. The summed E-state index contributed by atoms with van der Waals surface area (Å²) in [7, 11) is 4.93. The monoisotopic (exact) mass is 394 g/mol. The Morgan fingerprint density at radius 2 is 1.17 bits per heavy atom. The summed E-state index contributed by atoms with van der Waals surface area (Å²) < 4.78 is 27.8. The second-order valence-electron chi connectivity index (χ2n) is 6.58. The van der Waals surface area contributed by atoms with E-state index in [1.165, 1.54) is 0 Å². The van der Waals surface area contributed by atoms with E-state index >= 15 is 0 Å². The molecule has 3 rings (SSSR count). The predicted octanol–water partition coefficient (Wildman–Crippen LogP) is 5.18. The van der Waals surface area contributed by atoms with Gasteiger partial charge in [0, 0.05) is 12.1 Å². The Morgan fingerprint density at radius 3 is 1.76 bits per heavy atom. The smallest absolute Gasteiger partial charge is 0.123 e. The van der Waals surface area contributed by atoms with Crippen LogP contribution >= 0.6 is 0 Å². The van der Waals surface area contributed by atoms with Gasteiger partial charge >= 0.3 is 0 Å². The SMILES string of the molecule is COc1cc(COc2cccc(OCc3ccc(C)c(OC)c3)c2)cc(OC)c1. The fourth-order valence-electron chi connectivity index (χ4n) is 2.89. The normalized spacial score (nSPS) is 10.3. The maximum Gasteiger partial charge on any atom is 0.123 e. The molecular weight excluding hydrogens is 368 g/mol. The van der Waals surface area contributed by atoms with Crippen LogP contribution in [0.4, 0.5) is 0 Å². The van der Waals surface area contributed by atoms with Crippen molar-refractivity contribution in [3.05, 3.63) is 77.4 Å². The molecule has 0 saturated heterocycles. The van der Waals surface area contributed by atoms with Crippen molar-refractivity contribution >= 4 is 0 Å². The van der Waals surface area contributed by atoms with Crippen LogP contribution in [0.2, 0.25) is 0 Å². The van der Waals surface area contributed by atoms with Gasteiger partial charge in [0.25, 0.3) is 0 Å². The molecule has 152 valence electrons. The Hall–Kier alpha value is -3.34. The Kier molecular flexibility index (Phi) is 6.85. The van der Waals surface area contributed by atoms with E-state index in [0.29, 0.717) is 13.2 Å². The molecule has 0 aliphatic rings. The molecule has 0 amide bonds. The number of hydrogen-bond donors (Lipinski definition) is 0.